The lowest BCUT2D eigenvalue weighted by atomic mass is 10.2. The lowest BCUT2D eigenvalue weighted by Crippen LogP contribution is -2.39. The Kier molecular flexibility index (Phi) is 7.92. The first-order valence-corrected chi connectivity index (χ1v) is 11.5. The third-order valence-corrected chi connectivity index (χ3v) is 6.55. The maximum Gasteiger partial charge on any atom is 0.255 e. The second-order valence-corrected chi connectivity index (χ2v) is 9.22. The van der Waals surface area contributed by atoms with Gasteiger partial charge in [-0.25, -0.2) is 18.2 Å². The van der Waals surface area contributed by atoms with Gasteiger partial charge in [0.2, 0.25) is 10.0 Å². The molecule has 3 aromatic carbocycles. The number of hydrazone groups is 1. The molecule has 0 aliphatic carbocycles. The van der Waals surface area contributed by atoms with Gasteiger partial charge in [-0.1, -0.05) is 42.0 Å². The van der Waals surface area contributed by atoms with Gasteiger partial charge in [0.1, 0.15) is 11.6 Å². The first kappa shape index (κ1) is 24.1. The molecular weight excluding hydrogens is 445 g/mol. The number of amides is 1. The Hall–Kier alpha value is -3.56. The number of methoxy groups -OCH3 is 1. The van der Waals surface area contributed by atoms with Crippen LogP contribution in [0.2, 0.25) is 0 Å². The fraction of sp³-hybridized carbons (Fsp3) is 0.167. The number of nitrogens with one attached hydrogen (secondary N) is 1. The topological polar surface area (TPSA) is 88.1 Å². The van der Waals surface area contributed by atoms with Gasteiger partial charge in [0.25, 0.3) is 5.91 Å². The van der Waals surface area contributed by atoms with Crippen LogP contribution >= 0.6 is 0 Å². The van der Waals surface area contributed by atoms with Crippen LogP contribution in [-0.2, 0) is 21.4 Å². The van der Waals surface area contributed by atoms with Crippen LogP contribution in [0.5, 0.6) is 5.75 Å². The minimum atomic E-state index is -4.00. The van der Waals surface area contributed by atoms with Crippen LogP contribution in [-0.4, -0.2) is 38.5 Å². The van der Waals surface area contributed by atoms with Gasteiger partial charge in [0.05, 0.1) is 24.8 Å². The van der Waals surface area contributed by atoms with Crippen molar-refractivity contribution in [2.45, 2.75) is 18.4 Å². The van der Waals surface area contributed by atoms with E-state index in [0.717, 1.165) is 9.87 Å². The van der Waals surface area contributed by atoms with E-state index in [2.05, 4.69) is 10.5 Å². The van der Waals surface area contributed by atoms with Crippen molar-refractivity contribution in [2.75, 3.05) is 13.7 Å². The maximum absolute atomic E-state index is 13.3. The lowest BCUT2D eigenvalue weighted by molar-refractivity contribution is -0.121. The second kappa shape index (κ2) is 10.8. The van der Waals surface area contributed by atoms with Crippen LogP contribution < -0.4 is 10.2 Å². The van der Waals surface area contributed by atoms with Gasteiger partial charge in [-0.2, -0.15) is 9.41 Å². The van der Waals surface area contributed by atoms with Crippen molar-refractivity contribution in [1.29, 1.82) is 0 Å². The number of aryl methyl sites for hydroxylation is 1. The third-order valence-electron chi connectivity index (χ3n) is 4.75. The Morgan fingerprint density at radius 1 is 1.09 bits per heavy atom. The Labute approximate surface area is 192 Å². The second-order valence-electron chi connectivity index (χ2n) is 7.28. The SMILES string of the molecule is COc1cccc(/C=N\NC(=O)CN(Cc2ccc(F)cc2)S(=O)(=O)c2ccc(C)cc2)c1. The molecule has 7 nitrogen and oxygen atoms in total. The summed E-state index contributed by atoms with van der Waals surface area (Å²) >= 11 is 0. The Morgan fingerprint density at radius 2 is 1.79 bits per heavy atom. The van der Waals surface area contributed by atoms with Crippen molar-refractivity contribution in [3.8, 4) is 5.75 Å². The molecule has 0 bridgehead atoms. The molecule has 0 aliphatic rings. The first-order chi connectivity index (χ1) is 15.8. The number of carbonyl (C=O) groups excluding carboxylic acids is 1. The maximum atomic E-state index is 13.3. The number of ether oxygens (including phenoxy) is 1. The van der Waals surface area contributed by atoms with E-state index >= 15 is 0 Å². The van der Waals surface area contributed by atoms with E-state index in [9.17, 15) is 17.6 Å². The van der Waals surface area contributed by atoms with Crippen molar-refractivity contribution in [2.24, 2.45) is 5.10 Å². The minimum Gasteiger partial charge on any atom is -0.497 e. The van der Waals surface area contributed by atoms with E-state index in [0.29, 0.717) is 16.9 Å². The molecule has 0 atom stereocenters. The molecule has 0 spiro atoms. The summed E-state index contributed by atoms with van der Waals surface area (Å²) in [6.07, 6.45) is 1.43. The molecule has 0 aliphatic heterocycles. The highest BCUT2D eigenvalue weighted by molar-refractivity contribution is 7.89. The standard InChI is InChI=1S/C24H24FN3O4S/c1-18-6-12-23(13-7-18)33(30,31)28(16-19-8-10-21(25)11-9-19)17-24(29)27-26-15-20-4-3-5-22(14-20)32-2/h3-15H,16-17H2,1-2H3,(H,27,29)/b26-15-. The average molecular weight is 470 g/mol. The van der Waals surface area contributed by atoms with Crippen molar-refractivity contribution in [3.05, 3.63) is 95.3 Å². The first-order valence-electron chi connectivity index (χ1n) is 10.0. The molecule has 3 rings (SSSR count). The number of sulfonamides is 1. The third kappa shape index (κ3) is 6.71. The highest BCUT2D eigenvalue weighted by atomic mass is 32.2. The predicted octanol–water partition coefficient (Wildman–Crippen LogP) is 3.48. The van der Waals surface area contributed by atoms with Crippen LogP contribution in [0.15, 0.2) is 82.8 Å². The molecule has 1 amide bonds. The van der Waals surface area contributed by atoms with Crippen LogP contribution in [0.3, 0.4) is 0 Å². The van der Waals surface area contributed by atoms with Gasteiger partial charge in [-0.3, -0.25) is 4.79 Å². The summed E-state index contributed by atoms with van der Waals surface area (Å²) < 4.78 is 45.9. The summed E-state index contributed by atoms with van der Waals surface area (Å²) in [5.74, 6) is -0.414. The molecule has 0 heterocycles. The highest BCUT2D eigenvalue weighted by Crippen LogP contribution is 2.19. The van der Waals surface area contributed by atoms with E-state index in [-0.39, 0.29) is 11.4 Å². The fourth-order valence-corrected chi connectivity index (χ4v) is 4.36. The van der Waals surface area contributed by atoms with Crippen LogP contribution in [0.25, 0.3) is 0 Å². The number of rotatable bonds is 9. The zero-order chi connectivity index (χ0) is 23.8. The molecule has 33 heavy (non-hydrogen) atoms. The van der Waals surface area contributed by atoms with Gasteiger partial charge in [-0.15, -0.1) is 0 Å². The van der Waals surface area contributed by atoms with E-state index < -0.39 is 28.3 Å². The van der Waals surface area contributed by atoms with Gasteiger partial charge in [-0.05, 0) is 54.4 Å². The summed E-state index contributed by atoms with van der Waals surface area (Å²) in [6, 6.07) is 18.8. The van der Waals surface area contributed by atoms with E-state index in [4.69, 9.17) is 4.74 Å². The largest absolute Gasteiger partial charge is 0.497 e. The van der Waals surface area contributed by atoms with Crippen LogP contribution in [0.4, 0.5) is 4.39 Å². The van der Waals surface area contributed by atoms with Crippen molar-refractivity contribution in [3.63, 3.8) is 0 Å². The number of nitrogens with zero attached hydrogens (tertiary/aromatic N) is 2. The van der Waals surface area contributed by atoms with Crippen molar-refractivity contribution in [1.82, 2.24) is 9.73 Å². The van der Waals surface area contributed by atoms with E-state index in [1.807, 2.05) is 6.92 Å². The normalized spacial score (nSPS) is 11.6. The molecule has 0 saturated heterocycles. The average Bonchev–Trinajstić information content (AvgIpc) is 2.80. The van der Waals surface area contributed by atoms with Crippen molar-refractivity contribution < 1.29 is 22.3 Å². The van der Waals surface area contributed by atoms with Crippen LogP contribution in [0, 0.1) is 12.7 Å². The zero-order valence-corrected chi connectivity index (χ0v) is 19.0. The van der Waals surface area contributed by atoms with Crippen LogP contribution in [0.1, 0.15) is 16.7 Å². The minimum absolute atomic E-state index is 0.0582. The summed E-state index contributed by atoms with van der Waals surface area (Å²) in [6.45, 7) is 1.27. The molecule has 172 valence electrons. The molecule has 0 saturated carbocycles. The molecule has 9 heteroatoms. The molecule has 0 fully saturated rings. The molecule has 3 aromatic rings. The quantitative estimate of drug-likeness (QED) is 0.384. The summed E-state index contributed by atoms with van der Waals surface area (Å²) in [5.41, 5.74) is 4.50. The Bertz CT molecular complexity index is 1230. The Balaban J connectivity index is 1.78. The molecular formula is C24H24FN3O4S. The number of halogens is 1. The number of carbonyl (C=O) groups is 1. The van der Waals surface area contributed by atoms with Gasteiger partial charge < -0.3 is 4.74 Å². The number of hydrogen-bond acceptors (Lipinski definition) is 5. The molecule has 0 aromatic heterocycles. The number of benzene rings is 3. The molecule has 1 N–H and O–H groups in total. The predicted molar refractivity (Wildman–Crippen MR) is 124 cm³/mol. The summed E-state index contributed by atoms with van der Waals surface area (Å²) in [5, 5.41) is 3.90. The van der Waals surface area contributed by atoms with Gasteiger partial charge in [0, 0.05) is 6.54 Å². The summed E-state index contributed by atoms with van der Waals surface area (Å²) in [4.78, 5) is 12.6. The zero-order valence-electron chi connectivity index (χ0n) is 18.2. The number of hydrogen-bond donors (Lipinski definition) is 1. The summed E-state index contributed by atoms with van der Waals surface area (Å²) in [7, 11) is -2.45. The van der Waals surface area contributed by atoms with Gasteiger partial charge >= 0.3 is 0 Å². The molecule has 0 radical (unpaired) electrons. The lowest BCUT2D eigenvalue weighted by Gasteiger charge is -2.21. The smallest absolute Gasteiger partial charge is 0.255 e. The van der Waals surface area contributed by atoms with E-state index in [1.165, 1.54) is 42.6 Å². The fourth-order valence-electron chi connectivity index (χ4n) is 2.97. The Morgan fingerprint density at radius 3 is 2.45 bits per heavy atom. The van der Waals surface area contributed by atoms with E-state index in [1.54, 1.807) is 43.5 Å². The van der Waals surface area contributed by atoms with Gasteiger partial charge in [0.15, 0.2) is 0 Å². The van der Waals surface area contributed by atoms with Crippen molar-refractivity contribution >= 4 is 22.1 Å². The molecule has 0 unspecified atom stereocenters. The monoisotopic (exact) mass is 469 g/mol. The highest BCUT2D eigenvalue weighted by Gasteiger charge is 2.27.